The summed E-state index contributed by atoms with van der Waals surface area (Å²) in [5.41, 5.74) is 0. The summed E-state index contributed by atoms with van der Waals surface area (Å²) in [7, 11) is -2.83. The smallest absolute Gasteiger partial charge is 0.147 e. The molecule has 5 heteroatoms. The molecule has 0 aliphatic heterocycles. The van der Waals surface area contributed by atoms with Crippen molar-refractivity contribution in [1.29, 1.82) is 0 Å². The molecule has 98 valence electrons. The van der Waals surface area contributed by atoms with Gasteiger partial charge in [0.05, 0.1) is 5.75 Å². The molecule has 1 aromatic rings. The molecule has 17 heavy (non-hydrogen) atoms. The number of hydrogen-bond donors (Lipinski definition) is 1. The molecule has 1 heterocycles. The predicted molar refractivity (Wildman–Crippen MR) is 74.3 cm³/mol. The Kier molecular flexibility index (Phi) is 6.16. The fourth-order valence-corrected chi connectivity index (χ4v) is 3.24. The minimum Gasteiger partial charge on any atom is -0.309 e. The third kappa shape index (κ3) is 6.19. The van der Waals surface area contributed by atoms with Crippen LogP contribution in [-0.4, -0.2) is 27.0 Å². The van der Waals surface area contributed by atoms with Crippen LogP contribution in [-0.2, 0) is 9.84 Å². The Balaban J connectivity index is 2.36. The number of rotatable bonds is 8. The molecule has 0 saturated heterocycles. The van der Waals surface area contributed by atoms with Crippen molar-refractivity contribution < 1.29 is 8.42 Å². The molecule has 0 aliphatic carbocycles. The van der Waals surface area contributed by atoms with Crippen LogP contribution in [0.2, 0.25) is 0 Å². The molecular weight excluding hydrogens is 254 g/mol. The lowest BCUT2D eigenvalue weighted by molar-refractivity contribution is 0.499. The molecule has 1 rings (SSSR count). The van der Waals surface area contributed by atoms with Crippen LogP contribution in [0.25, 0.3) is 0 Å². The summed E-state index contributed by atoms with van der Waals surface area (Å²) in [6.07, 6.45) is 4.20. The van der Waals surface area contributed by atoms with Crippen molar-refractivity contribution in [2.75, 3.05) is 18.6 Å². The first-order valence-corrected chi connectivity index (χ1v) is 8.91. The van der Waals surface area contributed by atoms with E-state index < -0.39 is 9.84 Å². The summed E-state index contributed by atoms with van der Waals surface area (Å²) in [6, 6.07) is 4.56. The highest BCUT2D eigenvalue weighted by Crippen LogP contribution is 2.22. The molecule has 0 spiro atoms. The average molecular weight is 275 g/mol. The van der Waals surface area contributed by atoms with Crippen LogP contribution in [0.15, 0.2) is 17.5 Å². The lowest BCUT2D eigenvalue weighted by Crippen LogP contribution is -2.23. The van der Waals surface area contributed by atoms with Gasteiger partial charge in [-0.1, -0.05) is 19.4 Å². The topological polar surface area (TPSA) is 46.2 Å². The lowest BCUT2D eigenvalue weighted by Gasteiger charge is -2.16. The summed E-state index contributed by atoms with van der Waals surface area (Å²) >= 11 is 1.75. The standard InChI is InChI=1S/C12H21NO2S2/c1-3-6-11(12-7-4-9-16-12)13-8-5-10-17(2,14)15/h4,7,9,11,13H,3,5-6,8,10H2,1-2H3. The highest BCUT2D eigenvalue weighted by molar-refractivity contribution is 7.90. The molecule has 1 atom stereocenters. The van der Waals surface area contributed by atoms with Crippen LogP contribution in [0.1, 0.15) is 37.1 Å². The highest BCUT2D eigenvalue weighted by atomic mass is 32.2. The molecule has 1 N–H and O–H groups in total. The van der Waals surface area contributed by atoms with Crippen molar-refractivity contribution in [2.24, 2.45) is 0 Å². The summed E-state index contributed by atoms with van der Waals surface area (Å²) in [6.45, 7) is 2.93. The van der Waals surface area contributed by atoms with E-state index >= 15 is 0 Å². The summed E-state index contributed by atoms with van der Waals surface area (Å²) in [5.74, 6) is 0.267. The maximum atomic E-state index is 11.0. The highest BCUT2D eigenvalue weighted by Gasteiger charge is 2.10. The average Bonchev–Trinajstić information content (AvgIpc) is 2.74. The van der Waals surface area contributed by atoms with Crippen LogP contribution >= 0.6 is 11.3 Å². The monoisotopic (exact) mass is 275 g/mol. The van der Waals surface area contributed by atoms with E-state index in [0.717, 1.165) is 19.4 Å². The van der Waals surface area contributed by atoms with Gasteiger partial charge in [0.15, 0.2) is 0 Å². The molecule has 0 aliphatic rings. The van der Waals surface area contributed by atoms with Crippen molar-refractivity contribution >= 4 is 21.2 Å². The van der Waals surface area contributed by atoms with E-state index in [-0.39, 0.29) is 5.75 Å². The van der Waals surface area contributed by atoms with Gasteiger partial charge in [-0.3, -0.25) is 0 Å². The quantitative estimate of drug-likeness (QED) is 0.742. The normalized spacial score (nSPS) is 13.8. The molecule has 0 fully saturated rings. The van der Waals surface area contributed by atoms with Gasteiger partial charge >= 0.3 is 0 Å². The predicted octanol–water partition coefficient (Wildman–Crippen LogP) is 2.61. The number of sulfone groups is 1. The van der Waals surface area contributed by atoms with Crippen LogP contribution in [0.5, 0.6) is 0 Å². The fourth-order valence-electron chi connectivity index (χ4n) is 1.73. The van der Waals surface area contributed by atoms with Crippen LogP contribution in [0.3, 0.4) is 0 Å². The van der Waals surface area contributed by atoms with Crippen LogP contribution in [0, 0.1) is 0 Å². The Morgan fingerprint density at radius 1 is 1.47 bits per heavy atom. The third-order valence-electron chi connectivity index (χ3n) is 2.55. The van der Waals surface area contributed by atoms with Crippen molar-refractivity contribution in [3.8, 4) is 0 Å². The molecule has 1 aromatic heterocycles. The zero-order valence-electron chi connectivity index (χ0n) is 10.5. The van der Waals surface area contributed by atoms with Gasteiger partial charge in [-0.05, 0) is 30.8 Å². The van der Waals surface area contributed by atoms with E-state index in [1.54, 1.807) is 11.3 Å². The molecule has 0 saturated carbocycles. The molecule has 3 nitrogen and oxygen atoms in total. The molecule has 1 unspecified atom stereocenters. The van der Waals surface area contributed by atoms with E-state index in [9.17, 15) is 8.42 Å². The summed E-state index contributed by atoms with van der Waals surface area (Å²) < 4.78 is 22.0. The van der Waals surface area contributed by atoms with Gasteiger partial charge in [-0.2, -0.15) is 0 Å². The van der Waals surface area contributed by atoms with E-state index in [1.165, 1.54) is 11.1 Å². The second-order valence-electron chi connectivity index (χ2n) is 4.29. The van der Waals surface area contributed by atoms with E-state index in [0.29, 0.717) is 12.5 Å². The number of nitrogens with one attached hydrogen (secondary N) is 1. The van der Waals surface area contributed by atoms with Crippen LogP contribution in [0.4, 0.5) is 0 Å². The zero-order valence-corrected chi connectivity index (χ0v) is 12.1. The van der Waals surface area contributed by atoms with E-state index in [2.05, 4.69) is 29.8 Å². The maximum Gasteiger partial charge on any atom is 0.147 e. The molecule has 0 amide bonds. The lowest BCUT2D eigenvalue weighted by atomic mass is 10.1. The van der Waals surface area contributed by atoms with Gasteiger partial charge in [0.2, 0.25) is 0 Å². The van der Waals surface area contributed by atoms with Gasteiger partial charge in [-0.25, -0.2) is 8.42 Å². The molecular formula is C12H21NO2S2. The fraction of sp³-hybridized carbons (Fsp3) is 0.667. The molecule has 0 bridgehead atoms. The Hall–Kier alpha value is -0.390. The van der Waals surface area contributed by atoms with Crippen molar-refractivity contribution in [3.63, 3.8) is 0 Å². The second-order valence-corrected chi connectivity index (χ2v) is 7.53. The largest absolute Gasteiger partial charge is 0.309 e. The third-order valence-corrected chi connectivity index (χ3v) is 4.56. The second kappa shape index (κ2) is 7.13. The van der Waals surface area contributed by atoms with Crippen molar-refractivity contribution in [1.82, 2.24) is 5.32 Å². The SMILES string of the molecule is CCCC(NCCCS(C)(=O)=O)c1cccs1. The Morgan fingerprint density at radius 2 is 2.24 bits per heavy atom. The minimum absolute atomic E-state index is 0.267. The van der Waals surface area contributed by atoms with E-state index in [1.807, 2.05) is 0 Å². The zero-order chi connectivity index (χ0) is 12.7. The number of hydrogen-bond acceptors (Lipinski definition) is 4. The van der Waals surface area contributed by atoms with Crippen molar-refractivity contribution in [3.05, 3.63) is 22.4 Å². The number of thiophene rings is 1. The summed E-state index contributed by atoms with van der Waals surface area (Å²) in [4.78, 5) is 1.34. The van der Waals surface area contributed by atoms with Gasteiger partial charge in [0.25, 0.3) is 0 Å². The maximum absolute atomic E-state index is 11.0. The van der Waals surface area contributed by atoms with Gasteiger partial charge in [-0.15, -0.1) is 11.3 Å². The first kappa shape index (κ1) is 14.7. The first-order valence-electron chi connectivity index (χ1n) is 5.97. The molecule has 0 radical (unpaired) electrons. The van der Waals surface area contributed by atoms with Crippen molar-refractivity contribution in [2.45, 2.75) is 32.2 Å². The molecule has 0 aromatic carbocycles. The Labute approximate surface area is 108 Å². The Bertz CT molecular complexity index is 398. The van der Waals surface area contributed by atoms with Gasteiger partial charge < -0.3 is 5.32 Å². The summed E-state index contributed by atoms with van der Waals surface area (Å²) in [5, 5.41) is 5.52. The minimum atomic E-state index is -2.83. The Morgan fingerprint density at radius 3 is 2.76 bits per heavy atom. The van der Waals surface area contributed by atoms with Gasteiger partial charge in [0.1, 0.15) is 9.84 Å². The van der Waals surface area contributed by atoms with Crippen LogP contribution < -0.4 is 5.32 Å². The van der Waals surface area contributed by atoms with Gasteiger partial charge in [0, 0.05) is 17.2 Å². The first-order chi connectivity index (χ1) is 8.03. The van der Waals surface area contributed by atoms with E-state index in [4.69, 9.17) is 0 Å².